The molecule has 128 valence electrons. The van der Waals surface area contributed by atoms with Crippen LogP contribution in [0.4, 0.5) is 0 Å². The number of hydrogen-bond donors (Lipinski definition) is 1. The van der Waals surface area contributed by atoms with Crippen LogP contribution in [0.25, 0.3) is 6.08 Å². The van der Waals surface area contributed by atoms with E-state index < -0.39 is 5.60 Å². The van der Waals surface area contributed by atoms with E-state index in [2.05, 4.69) is 0 Å². The Morgan fingerprint density at radius 3 is 2.54 bits per heavy atom. The molecule has 0 aliphatic heterocycles. The van der Waals surface area contributed by atoms with Crippen LogP contribution < -0.4 is 0 Å². The average Bonchev–Trinajstić information content (AvgIpc) is 2.49. The Morgan fingerprint density at radius 1 is 1.17 bits per heavy atom. The predicted molar refractivity (Wildman–Crippen MR) is 93.1 cm³/mol. The van der Waals surface area contributed by atoms with Crippen LogP contribution in [0.5, 0.6) is 0 Å². The van der Waals surface area contributed by atoms with E-state index in [0.29, 0.717) is 24.9 Å². The Bertz CT molecular complexity index is 620. The fourth-order valence-electron chi connectivity index (χ4n) is 5.86. The van der Waals surface area contributed by atoms with Crippen LogP contribution in [0.2, 0.25) is 0 Å². The third-order valence-electron chi connectivity index (χ3n) is 6.12. The standard InChI is InChI=1S/C21H26O3/c22-19(24-8-4-7-16-5-2-1-3-6-16)14-20-10-17-9-18(11-20)13-21(23,12-17)15-20/h1-7,17-18,23H,8-15H2/b7-4+. The van der Waals surface area contributed by atoms with Gasteiger partial charge in [0.25, 0.3) is 0 Å². The molecule has 0 amide bonds. The number of aliphatic hydroxyl groups is 1. The first-order valence-corrected chi connectivity index (χ1v) is 9.14. The van der Waals surface area contributed by atoms with E-state index in [1.165, 1.54) is 6.42 Å². The molecular weight excluding hydrogens is 300 g/mol. The highest BCUT2D eigenvalue weighted by Gasteiger charge is 2.57. The number of rotatable bonds is 5. The van der Waals surface area contributed by atoms with Gasteiger partial charge in [-0.05, 0) is 67.4 Å². The van der Waals surface area contributed by atoms with Crippen molar-refractivity contribution < 1.29 is 14.6 Å². The Balaban J connectivity index is 1.31. The van der Waals surface area contributed by atoms with E-state index in [4.69, 9.17) is 4.74 Å². The number of carbonyl (C=O) groups excluding carboxylic acids is 1. The van der Waals surface area contributed by atoms with Gasteiger partial charge in [-0.3, -0.25) is 4.79 Å². The first-order valence-electron chi connectivity index (χ1n) is 9.14. The van der Waals surface area contributed by atoms with Crippen molar-refractivity contribution in [3.8, 4) is 0 Å². The van der Waals surface area contributed by atoms with Gasteiger partial charge in [-0.15, -0.1) is 0 Å². The van der Waals surface area contributed by atoms with E-state index in [-0.39, 0.29) is 11.4 Å². The number of carbonyl (C=O) groups is 1. The first-order chi connectivity index (χ1) is 11.5. The van der Waals surface area contributed by atoms with E-state index in [9.17, 15) is 9.90 Å². The summed E-state index contributed by atoms with van der Waals surface area (Å²) in [7, 11) is 0. The zero-order valence-corrected chi connectivity index (χ0v) is 14.1. The van der Waals surface area contributed by atoms with E-state index in [1.54, 1.807) is 0 Å². The van der Waals surface area contributed by atoms with Crippen molar-refractivity contribution in [3.05, 3.63) is 42.0 Å². The van der Waals surface area contributed by atoms with Gasteiger partial charge in [0.2, 0.25) is 0 Å². The van der Waals surface area contributed by atoms with Crippen LogP contribution in [0.1, 0.15) is 50.5 Å². The molecule has 4 aliphatic rings. The van der Waals surface area contributed by atoms with Crippen molar-refractivity contribution in [2.75, 3.05) is 6.61 Å². The molecule has 0 radical (unpaired) electrons. The van der Waals surface area contributed by atoms with Gasteiger partial charge >= 0.3 is 5.97 Å². The van der Waals surface area contributed by atoms with Crippen LogP contribution in [0, 0.1) is 17.3 Å². The second-order valence-electron chi connectivity index (χ2n) is 8.36. The van der Waals surface area contributed by atoms with Crippen molar-refractivity contribution in [1.29, 1.82) is 0 Å². The molecule has 2 atom stereocenters. The second-order valence-corrected chi connectivity index (χ2v) is 8.36. The van der Waals surface area contributed by atoms with Crippen molar-refractivity contribution in [2.45, 2.75) is 50.5 Å². The molecule has 24 heavy (non-hydrogen) atoms. The smallest absolute Gasteiger partial charge is 0.306 e. The van der Waals surface area contributed by atoms with E-state index >= 15 is 0 Å². The topological polar surface area (TPSA) is 46.5 Å². The molecule has 3 heteroatoms. The zero-order chi connectivity index (χ0) is 16.6. The summed E-state index contributed by atoms with van der Waals surface area (Å²) in [5.41, 5.74) is 0.605. The lowest BCUT2D eigenvalue weighted by molar-refractivity contribution is -0.176. The molecule has 0 aromatic heterocycles. The minimum Gasteiger partial charge on any atom is -0.461 e. The maximum atomic E-state index is 12.3. The number of ether oxygens (including phenoxy) is 1. The van der Waals surface area contributed by atoms with Gasteiger partial charge in [-0.25, -0.2) is 0 Å². The maximum Gasteiger partial charge on any atom is 0.306 e. The van der Waals surface area contributed by atoms with Gasteiger partial charge in [0, 0.05) is 0 Å². The summed E-state index contributed by atoms with van der Waals surface area (Å²) < 4.78 is 5.43. The predicted octanol–water partition coefficient (Wildman–Crippen LogP) is 3.96. The van der Waals surface area contributed by atoms with Crippen molar-refractivity contribution in [3.63, 3.8) is 0 Å². The summed E-state index contributed by atoms with van der Waals surface area (Å²) in [6.07, 6.45) is 10.5. The Labute approximate surface area is 143 Å². The largest absolute Gasteiger partial charge is 0.461 e. The van der Waals surface area contributed by atoms with Crippen molar-refractivity contribution >= 4 is 12.0 Å². The molecule has 3 nitrogen and oxygen atoms in total. The Morgan fingerprint density at radius 2 is 1.88 bits per heavy atom. The Kier molecular flexibility index (Phi) is 4.00. The molecule has 1 N–H and O–H groups in total. The highest BCUT2D eigenvalue weighted by Crippen LogP contribution is 2.62. The summed E-state index contributed by atoms with van der Waals surface area (Å²) >= 11 is 0. The Hall–Kier alpha value is -1.61. The zero-order valence-electron chi connectivity index (χ0n) is 14.1. The molecule has 0 heterocycles. The quantitative estimate of drug-likeness (QED) is 0.833. The van der Waals surface area contributed by atoms with Gasteiger partial charge in [0.1, 0.15) is 6.61 Å². The lowest BCUT2D eigenvalue weighted by Crippen LogP contribution is -2.56. The van der Waals surface area contributed by atoms with Gasteiger partial charge < -0.3 is 9.84 Å². The molecule has 0 saturated heterocycles. The molecule has 0 spiro atoms. The molecule has 4 bridgehead atoms. The monoisotopic (exact) mass is 326 g/mol. The summed E-state index contributed by atoms with van der Waals surface area (Å²) in [5.74, 6) is 1.11. The molecule has 1 aromatic carbocycles. The SMILES string of the molecule is O=C(CC12CC3CC(CC(O)(C3)C1)C2)OC/C=C/c1ccccc1. The van der Waals surface area contributed by atoms with E-state index in [0.717, 1.165) is 37.7 Å². The lowest BCUT2D eigenvalue weighted by Gasteiger charge is -2.60. The molecular formula is C21H26O3. The number of hydrogen-bond acceptors (Lipinski definition) is 3. The van der Waals surface area contributed by atoms with Gasteiger partial charge in [-0.2, -0.15) is 0 Å². The van der Waals surface area contributed by atoms with Crippen LogP contribution >= 0.6 is 0 Å². The fourth-order valence-corrected chi connectivity index (χ4v) is 5.86. The van der Waals surface area contributed by atoms with E-state index in [1.807, 2.05) is 42.5 Å². The third kappa shape index (κ3) is 3.27. The van der Waals surface area contributed by atoms with Gasteiger partial charge in [0.05, 0.1) is 12.0 Å². The van der Waals surface area contributed by atoms with Crippen molar-refractivity contribution in [2.24, 2.45) is 17.3 Å². The number of benzene rings is 1. The summed E-state index contributed by atoms with van der Waals surface area (Å²) in [5, 5.41) is 10.8. The summed E-state index contributed by atoms with van der Waals surface area (Å²) in [6.45, 7) is 0.320. The van der Waals surface area contributed by atoms with Gasteiger partial charge in [0.15, 0.2) is 0 Å². The molecule has 4 fully saturated rings. The number of esters is 1. The second kappa shape index (κ2) is 6.03. The van der Waals surface area contributed by atoms with Crippen molar-refractivity contribution in [1.82, 2.24) is 0 Å². The van der Waals surface area contributed by atoms with Crippen LogP contribution in [-0.2, 0) is 9.53 Å². The van der Waals surface area contributed by atoms with Gasteiger partial charge in [-0.1, -0.05) is 36.4 Å². The molecule has 2 unspecified atom stereocenters. The first kappa shape index (κ1) is 15.9. The normalized spacial score (nSPS) is 37.0. The molecule has 5 rings (SSSR count). The third-order valence-corrected chi connectivity index (χ3v) is 6.12. The highest BCUT2D eigenvalue weighted by molar-refractivity contribution is 5.70. The highest BCUT2D eigenvalue weighted by atomic mass is 16.5. The summed E-state index contributed by atoms with van der Waals surface area (Å²) in [6, 6.07) is 10.0. The van der Waals surface area contributed by atoms with Crippen LogP contribution in [0.15, 0.2) is 36.4 Å². The van der Waals surface area contributed by atoms with Crippen LogP contribution in [0.3, 0.4) is 0 Å². The fraction of sp³-hybridized carbons (Fsp3) is 0.571. The minimum atomic E-state index is -0.502. The molecule has 4 aliphatic carbocycles. The maximum absolute atomic E-state index is 12.3. The molecule has 4 saturated carbocycles. The average molecular weight is 326 g/mol. The minimum absolute atomic E-state index is 0.000932. The van der Waals surface area contributed by atoms with Crippen LogP contribution in [-0.4, -0.2) is 23.3 Å². The summed E-state index contributed by atoms with van der Waals surface area (Å²) in [4.78, 5) is 12.3. The molecule has 1 aromatic rings. The lowest BCUT2D eigenvalue weighted by atomic mass is 9.47.